The Labute approximate surface area is 113 Å². The second-order valence-electron chi connectivity index (χ2n) is 2.51. The van der Waals surface area contributed by atoms with Crippen molar-refractivity contribution < 1.29 is 26.3 Å². The minimum atomic E-state index is -4.63. The Bertz CT molecular complexity index is 414. The average Bonchev–Trinajstić information content (AvgIpc) is 2.27. The molecule has 0 atom stereocenters. The maximum absolute atomic E-state index is 12.1. The zero-order valence-electron chi connectivity index (χ0n) is 7.34. The second kappa shape index (κ2) is 5.14. The smallest absolute Gasteiger partial charge is 0.339 e. The van der Waals surface area contributed by atoms with Gasteiger partial charge in [0.2, 0.25) is 0 Å². The van der Waals surface area contributed by atoms with Crippen LogP contribution in [0.15, 0.2) is 14.4 Å². The number of halogens is 8. The highest BCUT2D eigenvalue weighted by Crippen LogP contribution is 2.49. The van der Waals surface area contributed by atoms with Gasteiger partial charge in [0.25, 0.3) is 0 Å². The van der Waals surface area contributed by atoms with Crippen molar-refractivity contribution in [2.24, 2.45) is 0 Å². The van der Waals surface area contributed by atoms with Crippen LogP contribution in [0.1, 0.15) is 0 Å². The SMILES string of the molecule is FC(F)(F)Sc1[nH]c(Cl)c(SC(F)(F)F)c1Br. The number of aromatic amines is 1. The molecule has 0 bridgehead atoms. The molecule has 0 saturated carbocycles. The third kappa shape index (κ3) is 4.84. The lowest BCUT2D eigenvalue weighted by molar-refractivity contribution is -0.0336. The van der Waals surface area contributed by atoms with Crippen LogP contribution in [-0.2, 0) is 0 Å². The molecule has 0 saturated heterocycles. The van der Waals surface area contributed by atoms with E-state index in [1.165, 1.54) is 0 Å². The van der Waals surface area contributed by atoms with E-state index >= 15 is 0 Å². The van der Waals surface area contributed by atoms with E-state index < -0.39 is 49.6 Å². The van der Waals surface area contributed by atoms with E-state index in [1.807, 2.05) is 4.98 Å². The van der Waals surface area contributed by atoms with E-state index in [1.54, 1.807) is 0 Å². The van der Waals surface area contributed by atoms with Gasteiger partial charge in [0, 0.05) is 11.8 Å². The lowest BCUT2D eigenvalue weighted by Crippen LogP contribution is -2.00. The van der Waals surface area contributed by atoms with Gasteiger partial charge in [-0.25, -0.2) is 0 Å². The van der Waals surface area contributed by atoms with Crippen molar-refractivity contribution in [1.29, 1.82) is 0 Å². The van der Waals surface area contributed by atoms with Crippen LogP contribution in [0.4, 0.5) is 26.3 Å². The third-order valence-electron chi connectivity index (χ3n) is 1.26. The van der Waals surface area contributed by atoms with Gasteiger partial charge in [-0.1, -0.05) is 11.6 Å². The number of alkyl halides is 6. The third-order valence-corrected chi connectivity index (χ3v) is 4.56. The van der Waals surface area contributed by atoms with Crippen LogP contribution < -0.4 is 0 Å². The Morgan fingerprint density at radius 1 is 1.00 bits per heavy atom. The Kier molecular flexibility index (Phi) is 4.65. The normalized spacial score (nSPS) is 13.2. The second-order valence-corrected chi connectivity index (χ2v) is 5.83. The molecule has 1 nitrogen and oxygen atoms in total. The molecule has 0 aliphatic carbocycles. The lowest BCUT2D eigenvalue weighted by atomic mass is 10.7. The highest BCUT2D eigenvalue weighted by molar-refractivity contribution is 9.10. The first-order valence-electron chi connectivity index (χ1n) is 3.58. The molecule has 0 aliphatic rings. The zero-order valence-corrected chi connectivity index (χ0v) is 11.3. The molecule has 1 N–H and O–H groups in total. The van der Waals surface area contributed by atoms with Gasteiger partial charge >= 0.3 is 11.0 Å². The first-order chi connectivity index (χ1) is 7.49. The molecular formula is C6HBrClF6NS2. The van der Waals surface area contributed by atoms with Gasteiger partial charge < -0.3 is 4.98 Å². The van der Waals surface area contributed by atoms with Crippen LogP contribution in [0.3, 0.4) is 0 Å². The molecule has 1 heterocycles. The monoisotopic (exact) mass is 379 g/mol. The summed E-state index contributed by atoms with van der Waals surface area (Å²) in [5.41, 5.74) is -9.24. The summed E-state index contributed by atoms with van der Waals surface area (Å²) >= 11 is 6.88. The predicted octanol–water partition coefficient (Wildman–Crippen LogP) is 5.65. The fourth-order valence-electron chi connectivity index (χ4n) is 0.802. The maximum atomic E-state index is 12.1. The Balaban J connectivity index is 3.02. The van der Waals surface area contributed by atoms with Crippen LogP contribution in [-0.4, -0.2) is 16.0 Å². The summed E-state index contributed by atoms with van der Waals surface area (Å²) < 4.78 is 72.1. The number of rotatable bonds is 2. The highest BCUT2D eigenvalue weighted by Gasteiger charge is 2.36. The summed E-state index contributed by atoms with van der Waals surface area (Å²) in [6.07, 6.45) is 0. The van der Waals surface area contributed by atoms with Gasteiger partial charge in [0.05, 0.1) is 14.4 Å². The predicted molar refractivity (Wildman–Crippen MR) is 57.3 cm³/mol. The minimum Gasteiger partial charge on any atom is -0.339 e. The zero-order chi connectivity index (χ0) is 13.4. The summed E-state index contributed by atoms with van der Waals surface area (Å²) in [6, 6.07) is 0. The summed E-state index contributed by atoms with van der Waals surface area (Å²) in [5, 5.41) is -1.01. The molecular weight excluding hydrogens is 380 g/mol. The Morgan fingerprint density at radius 3 is 1.88 bits per heavy atom. The highest BCUT2D eigenvalue weighted by atomic mass is 79.9. The molecule has 0 amide bonds. The van der Waals surface area contributed by atoms with E-state index in [0.717, 1.165) is 0 Å². The number of aromatic nitrogens is 1. The van der Waals surface area contributed by atoms with Crippen molar-refractivity contribution in [3.8, 4) is 0 Å². The quantitative estimate of drug-likeness (QED) is 0.527. The average molecular weight is 381 g/mol. The van der Waals surface area contributed by atoms with Crippen molar-refractivity contribution in [2.75, 3.05) is 0 Å². The summed E-state index contributed by atoms with van der Waals surface area (Å²) in [7, 11) is 0. The van der Waals surface area contributed by atoms with E-state index in [-0.39, 0.29) is 4.47 Å². The first kappa shape index (κ1) is 15.4. The van der Waals surface area contributed by atoms with E-state index in [9.17, 15) is 26.3 Å². The number of H-pyrrole nitrogens is 1. The fourth-order valence-corrected chi connectivity index (χ4v) is 3.26. The summed E-state index contributed by atoms with van der Waals surface area (Å²) in [6.45, 7) is 0. The maximum Gasteiger partial charge on any atom is 0.447 e. The van der Waals surface area contributed by atoms with Crippen molar-refractivity contribution in [2.45, 2.75) is 20.9 Å². The molecule has 1 aromatic rings. The van der Waals surface area contributed by atoms with Gasteiger partial charge in [-0.2, -0.15) is 26.3 Å². The van der Waals surface area contributed by atoms with Crippen molar-refractivity contribution >= 4 is 51.1 Å². The standard InChI is InChI=1S/C6HBrClF6NS2/c7-1-2(16-5(9,10)11)3(8)15-4(1)17-6(12,13)14/h15H. The van der Waals surface area contributed by atoms with E-state index in [2.05, 4.69) is 15.9 Å². The topological polar surface area (TPSA) is 15.8 Å². The number of hydrogen-bond acceptors (Lipinski definition) is 2. The van der Waals surface area contributed by atoms with Crippen LogP contribution in [0.5, 0.6) is 0 Å². The molecule has 0 radical (unpaired) electrons. The molecule has 1 aromatic heterocycles. The molecule has 11 heteroatoms. The minimum absolute atomic E-state index is 0.354. The molecule has 0 fully saturated rings. The summed E-state index contributed by atoms with van der Waals surface area (Å²) in [5.74, 6) is 0. The Hall–Kier alpha value is 0.330. The van der Waals surface area contributed by atoms with Crippen molar-refractivity contribution in [3.63, 3.8) is 0 Å². The van der Waals surface area contributed by atoms with Crippen LogP contribution in [0, 0.1) is 0 Å². The largest absolute Gasteiger partial charge is 0.447 e. The van der Waals surface area contributed by atoms with Gasteiger partial charge in [-0.3, -0.25) is 0 Å². The van der Waals surface area contributed by atoms with Gasteiger partial charge in [-0.05, 0) is 27.7 Å². The van der Waals surface area contributed by atoms with Crippen LogP contribution >= 0.6 is 51.1 Å². The van der Waals surface area contributed by atoms with Crippen molar-refractivity contribution in [1.82, 2.24) is 4.98 Å². The number of thioether (sulfide) groups is 2. The van der Waals surface area contributed by atoms with Crippen LogP contribution in [0.2, 0.25) is 5.15 Å². The van der Waals surface area contributed by atoms with E-state index in [4.69, 9.17) is 11.6 Å². The van der Waals surface area contributed by atoms with Gasteiger partial charge in [-0.15, -0.1) is 0 Å². The Morgan fingerprint density at radius 2 is 1.47 bits per heavy atom. The molecule has 0 aliphatic heterocycles. The van der Waals surface area contributed by atoms with Gasteiger partial charge in [0.1, 0.15) is 5.15 Å². The molecule has 0 aromatic carbocycles. The molecule has 1 rings (SSSR count). The fraction of sp³-hybridized carbons (Fsp3) is 0.333. The van der Waals surface area contributed by atoms with E-state index in [0.29, 0.717) is 0 Å². The van der Waals surface area contributed by atoms with Crippen LogP contribution in [0.25, 0.3) is 0 Å². The lowest BCUT2D eigenvalue weighted by Gasteiger charge is -2.05. The number of hydrogen-bond donors (Lipinski definition) is 1. The molecule has 17 heavy (non-hydrogen) atoms. The van der Waals surface area contributed by atoms with Gasteiger partial charge in [0.15, 0.2) is 0 Å². The molecule has 0 unspecified atom stereocenters. The van der Waals surface area contributed by atoms with Crippen molar-refractivity contribution in [3.05, 3.63) is 9.63 Å². The summed E-state index contributed by atoms with van der Waals surface area (Å²) in [4.78, 5) is 1.51. The number of nitrogens with one attached hydrogen (secondary N) is 1. The molecule has 98 valence electrons. The first-order valence-corrected chi connectivity index (χ1v) is 6.38. The molecule has 0 spiro atoms.